The predicted molar refractivity (Wildman–Crippen MR) is 93.4 cm³/mol. The highest BCUT2D eigenvalue weighted by molar-refractivity contribution is 5.93. The molecule has 1 aliphatic rings. The molecule has 0 aromatic carbocycles. The molecule has 1 unspecified atom stereocenters. The van der Waals surface area contributed by atoms with Gasteiger partial charge in [-0.15, -0.1) is 10.2 Å². The summed E-state index contributed by atoms with van der Waals surface area (Å²) in [5, 5.41) is 11.7. The summed E-state index contributed by atoms with van der Waals surface area (Å²) in [6.45, 7) is 4.24. The monoisotopic (exact) mass is 352 g/mol. The molecule has 8 nitrogen and oxygen atoms in total. The van der Waals surface area contributed by atoms with Gasteiger partial charge in [-0.05, 0) is 31.9 Å². The Labute approximate surface area is 150 Å². The highest BCUT2D eigenvalue weighted by atomic mass is 16.4. The average molecular weight is 352 g/mol. The Morgan fingerprint density at radius 3 is 2.77 bits per heavy atom. The van der Waals surface area contributed by atoms with Crippen molar-refractivity contribution in [2.75, 3.05) is 0 Å². The summed E-state index contributed by atoms with van der Waals surface area (Å²) in [5.41, 5.74) is 1.36. The van der Waals surface area contributed by atoms with E-state index in [4.69, 9.17) is 4.42 Å². The zero-order chi connectivity index (χ0) is 18.1. The largest absolute Gasteiger partial charge is 0.445 e. The van der Waals surface area contributed by atoms with Crippen molar-refractivity contribution in [3.8, 4) is 11.4 Å². The van der Waals surface area contributed by atoms with Crippen LogP contribution in [0.2, 0.25) is 0 Å². The molecule has 0 saturated heterocycles. The topological polar surface area (TPSA) is 98.7 Å². The number of oxazole rings is 1. The summed E-state index contributed by atoms with van der Waals surface area (Å²) in [6.07, 6.45) is 5.89. The maximum Gasteiger partial charge on any atom is 0.273 e. The molecule has 4 heterocycles. The third kappa shape index (κ3) is 3.10. The third-order valence-corrected chi connectivity index (χ3v) is 4.64. The lowest BCUT2D eigenvalue weighted by Gasteiger charge is -2.15. The molecular formula is C18H20N6O2. The molecule has 0 fully saturated rings. The smallest absolute Gasteiger partial charge is 0.273 e. The van der Waals surface area contributed by atoms with Crippen molar-refractivity contribution in [2.24, 2.45) is 0 Å². The van der Waals surface area contributed by atoms with E-state index in [0.29, 0.717) is 17.3 Å². The van der Waals surface area contributed by atoms with Gasteiger partial charge < -0.3 is 14.3 Å². The number of amides is 1. The van der Waals surface area contributed by atoms with E-state index in [-0.39, 0.29) is 11.9 Å². The number of carbonyl (C=O) groups excluding carboxylic acids is 1. The molecule has 26 heavy (non-hydrogen) atoms. The van der Waals surface area contributed by atoms with Crippen molar-refractivity contribution in [3.05, 3.63) is 47.7 Å². The summed E-state index contributed by atoms with van der Waals surface area (Å²) in [5.74, 6) is 2.66. The molecule has 0 saturated carbocycles. The number of nitrogens with one attached hydrogen (secondary N) is 1. The molecule has 1 amide bonds. The number of fused-ring (bicyclic) bond motifs is 1. The SMILES string of the molecule is Cc1nc(C(=O)NC2CCc3nnc(-c4ccncc4)n3CC2)c(C)o1. The first-order valence-corrected chi connectivity index (χ1v) is 8.69. The van der Waals surface area contributed by atoms with Crippen LogP contribution in [0.3, 0.4) is 0 Å². The number of hydrogen-bond donors (Lipinski definition) is 1. The number of nitrogens with zero attached hydrogens (tertiary/aromatic N) is 5. The van der Waals surface area contributed by atoms with Gasteiger partial charge in [0.05, 0.1) is 0 Å². The quantitative estimate of drug-likeness (QED) is 0.775. The van der Waals surface area contributed by atoms with E-state index in [0.717, 1.165) is 43.0 Å². The van der Waals surface area contributed by atoms with E-state index in [1.54, 1.807) is 26.2 Å². The highest BCUT2D eigenvalue weighted by Crippen LogP contribution is 2.22. The van der Waals surface area contributed by atoms with Crippen LogP contribution in [-0.4, -0.2) is 36.7 Å². The fourth-order valence-corrected chi connectivity index (χ4v) is 3.34. The molecule has 3 aromatic heterocycles. The minimum absolute atomic E-state index is 0.0610. The predicted octanol–water partition coefficient (Wildman–Crippen LogP) is 2.08. The molecule has 1 aliphatic heterocycles. The third-order valence-electron chi connectivity index (χ3n) is 4.64. The fraction of sp³-hybridized carbons (Fsp3) is 0.389. The normalized spacial score (nSPS) is 16.8. The van der Waals surface area contributed by atoms with Crippen LogP contribution < -0.4 is 5.32 Å². The van der Waals surface area contributed by atoms with E-state index < -0.39 is 0 Å². The van der Waals surface area contributed by atoms with Crippen LogP contribution in [0.25, 0.3) is 11.4 Å². The molecule has 0 bridgehead atoms. The zero-order valence-electron chi connectivity index (χ0n) is 14.8. The molecule has 3 aromatic rings. The Balaban J connectivity index is 1.48. The summed E-state index contributed by atoms with van der Waals surface area (Å²) in [4.78, 5) is 20.7. The molecule has 134 valence electrons. The van der Waals surface area contributed by atoms with Crippen LogP contribution in [-0.2, 0) is 13.0 Å². The van der Waals surface area contributed by atoms with Crippen molar-refractivity contribution in [3.63, 3.8) is 0 Å². The van der Waals surface area contributed by atoms with Crippen molar-refractivity contribution in [1.29, 1.82) is 0 Å². The van der Waals surface area contributed by atoms with Gasteiger partial charge in [-0.1, -0.05) is 0 Å². The fourth-order valence-electron chi connectivity index (χ4n) is 3.34. The van der Waals surface area contributed by atoms with Crippen molar-refractivity contribution >= 4 is 5.91 Å². The van der Waals surface area contributed by atoms with Crippen molar-refractivity contribution < 1.29 is 9.21 Å². The second-order valence-electron chi connectivity index (χ2n) is 6.46. The maximum absolute atomic E-state index is 12.5. The summed E-state index contributed by atoms with van der Waals surface area (Å²) < 4.78 is 7.48. The molecular weight excluding hydrogens is 332 g/mol. The van der Waals surface area contributed by atoms with Crippen LogP contribution in [0.5, 0.6) is 0 Å². The lowest BCUT2D eigenvalue weighted by atomic mass is 10.1. The Morgan fingerprint density at radius 1 is 1.23 bits per heavy atom. The first kappa shape index (κ1) is 16.4. The van der Waals surface area contributed by atoms with Gasteiger partial charge in [0.15, 0.2) is 17.4 Å². The first-order chi connectivity index (χ1) is 12.6. The van der Waals surface area contributed by atoms with Gasteiger partial charge in [0.25, 0.3) is 5.91 Å². The minimum Gasteiger partial charge on any atom is -0.445 e. The van der Waals surface area contributed by atoms with Gasteiger partial charge in [-0.2, -0.15) is 0 Å². The Bertz CT molecular complexity index is 931. The van der Waals surface area contributed by atoms with Crippen LogP contribution >= 0.6 is 0 Å². The summed E-state index contributed by atoms with van der Waals surface area (Å²) in [7, 11) is 0. The zero-order valence-corrected chi connectivity index (χ0v) is 14.8. The van der Waals surface area contributed by atoms with Crippen LogP contribution in [0.1, 0.15) is 40.8 Å². The molecule has 0 radical (unpaired) electrons. The first-order valence-electron chi connectivity index (χ1n) is 8.69. The lowest BCUT2D eigenvalue weighted by Crippen LogP contribution is -2.35. The van der Waals surface area contributed by atoms with Gasteiger partial charge >= 0.3 is 0 Å². The minimum atomic E-state index is -0.184. The maximum atomic E-state index is 12.5. The second-order valence-corrected chi connectivity index (χ2v) is 6.46. The van der Waals surface area contributed by atoms with E-state index in [9.17, 15) is 4.79 Å². The van der Waals surface area contributed by atoms with Crippen molar-refractivity contribution in [1.82, 2.24) is 30.0 Å². The number of aromatic nitrogens is 5. The number of rotatable bonds is 3. The molecule has 0 spiro atoms. The van der Waals surface area contributed by atoms with Gasteiger partial charge in [0.1, 0.15) is 11.6 Å². The standard InChI is InChI=1S/C18H20N6O2/c1-11-16(20-12(2)26-11)18(25)21-14-3-4-15-22-23-17(24(15)10-7-14)13-5-8-19-9-6-13/h5-6,8-9,14H,3-4,7,10H2,1-2H3,(H,21,25). The Kier molecular flexibility index (Phi) is 4.24. The molecule has 1 atom stereocenters. The summed E-state index contributed by atoms with van der Waals surface area (Å²) >= 11 is 0. The van der Waals surface area contributed by atoms with Gasteiger partial charge in [-0.3, -0.25) is 9.78 Å². The van der Waals surface area contributed by atoms with E-state index >= 15 is 0 Å². The lowest BCUT2D eigenvalue weighted by molar-refractivity contribution is 0.0927. The molecule has 1 N–H and O–H groups in total. The van der Waals surface area contributed by atoms with E-state index in [2.05, 4.69) is 30.0 Å². The number of pyridine rings is 1. The summed E-state index contributed by atoms with van der Waals surface area (Å²) in [6, 6.07) is 3.92. The van der Waals surface area contributed by atoms with Gasteiger partial charge in [0.2, 0.25) is 0 Å². The van der Waals surface area contributed by atoms with Crippen LogP contribution in [0.4, 0.5) is 0 Å². The molecule has 0 aliphatic carbocycles. The van der Waals surface area contributed by atoms with E-state index in [1.807, 2.05) is 12.1 Å². The van der Waals surface area contributed by atoms with E-state index in [1.165, 1.54) is 0 Å². The Morgan fingerprint density at radius 2 is 2.04 bits per heavy atom. The highest BCUT2D eigenvalue weighted by Gasteiger charge is 2.24. The molecule has 4 rings (SSSR count). The number of hydrogen-bond acceptors (Lipinski definition) is 6. The number of aryl methyl sites for hydroxylation is 3. The van der Waals surface area contributed by atoms with Crippen LogP contribution in [0.15, 0.2) is 28.9 Å². The second kappa shape index (κ2) is 6.70. The average Bonchev–Trinajstić information content (AvgIpc) is 3.14. The Hall–Kier alpha value is -3.03. The van der Waals surface area contributed by atoms with Crippen molar-refractivity contribution in [2.45, 2.75) is 45.7 Å². The number of carbonyl (C=O) groups is 1. The van der Waals surface area contributed by atoms with Crippen LogP contribution in [0, 0.1) is 13.8 Å². The molecule has 8 heteroatoms. The van der Waals surface area contributed by atoms with Gasteiger partial charge in [0, 0.05) is 43.9 Å². The van der Waals surface area contributed by atoms with Gasteiger partial charge in [-0.25, -0.2) is 4.98 Å².